The van der Waals surface area contributed by atoms with Gasteiger partial charge in [-0.3, -0.25) is 14.5 Å². The number of carbonyl (C=O) groups is 2. The largest absolute Gasteiger partial charge is 0.468 e. The van der Waals surface area contributed by atoms with Gasteiger partial charge >= 0.3 is 5.97 Å². The van der Waals surface area contributed by atoms with Gasteiger partial charge in [0.1, 0.15) is 11.6 Å². The average molecular weight is 407 g/mol. The van der Waals surface area contributed by atoms with E-state index in [0.29, 0.717) is 30.7 Å². The van der Waals surface area contributed by atoms with Crippen molar-refractivity contribution in [2.24, 2.45) is 0 Å². The van der Waals surface area contributed by atoms with Crippen LogP contribution in [0.15, 0.2) is 48.9 Å². The number of amides is 1. The molecule has 0 bridgehead atoms. The number of fused-ring (bicyclic) bond motifs is 1. The van der Waals surface area contributed by atoms with Crippen LogP contribution in [0.25, 0.3) is 11.2 Å². The molecule has 0 N–H and O–H groups in total. The van der Waals surface area contributed by atoms with Gasteiger partial charge in [0, 0.05) is 25.8 Å². The molecule has 1 atom stereocenters. The van der Waals surface area contributed by atoms with Gasteiger partial charge in [-0.2, -0.15) is 0 Å². The third kappa shape index (κ3) is 4.04. The molecule has 0 aliphatic carbocycles. The van der Waals surface area contributed by atoms with Crippen molar-refractivity contribution in [2.45, 2.75) is 19.0 Å². The van der Waals surface area contributed by atoms with Gasteiger partial charge in [-0.25, -0.2) is 9.97 Å². The number of ether oxygens (including phenoxy) is 1. The smallest absolute Gasteiger partial charge is 0.324 e. The average Bonchev–Trinajstić information content (AvgIpc) is 3.06. The molecule has 1 unspecified atom stereocenters. The van der Waals surface area contributed by atoms with Crippen LogP contribution in [0.1, 0.15) is 22.3 Å². The van der Waals surface area contributed by atoms with E-state index in [4.69, 9.17) is 4.74 Å². The Morgan fingerprint density at radius 1 is 1.17 bits per heavy atom. The summed E-state index contributed by atoms with van der Waals surface area (Å²) < 4.78 is 6.88. The lowest BCUT2D eigenvalue weighted by atomic mass is 10.2. The molecule has 1 amide bonds. The normalized spacial score (nSPS) is 17.7. The van der Waals surface area contributed by atoms with Crippen LogP contribution in [0.3, 0.4) is 0 Å². The molecule has 156 valence electrons. The summed E-state index contributed by atoms with van der Waals surface area (Å²) >= 11 is 0. The number of methoxy groups -OCH3 is 1. The number of pyridine rings is 1. The van der Waals surface area contributed by atoms with Crippen LogP contribution in [0.4, 0.5) is 0 Å². The lowest BCUT2D eigenvalue weighted by Gasteiger charge is -2.26. The number of nitrogens with zero attached hydrogens (tertiary/aromatic N) is 5. The van der Waals surface area contributed by atoms with Crippen LogP contribution in [0, 0.1) is 0 Å². The third-order valence-electron chi connectivity index (χ3n) is 5.52. The molecule has 8 heteroatoms. The molecule has 3 aromatic rings. The van der Waals surface area contributed by atoms with Crippen LogP contribution in [0.5, 0.6) is 0 Å². The zero-order chi connectivity index (χ0) is 21.1. The molecule has 1 fully saturated rings. The summed E-state index contributed by atoms with van der Waals surface area (Å²) in [5, 5.41) is 0. The fraction of sp³-hybridized carbons (Fsp3) is 0.364. The lowest BCUT2D eigenvalue weighted by molar-refractivity contribution is -0.146. The SMILES string of the molecule is COC(=O)C1CN(C(=O)c2cnc3c(c2)ncn3Cc2ccccc2)CCCN1C. The molecule has 30 heavy (non-hydrogen) atoms. The Balaban J connectivity index is 1.55. The highest BCUT2D eigenvalue weighted by Gasteiger charge is 2.31. The second-order valence-electron chi connectivity index (χ2n) is 7.55. The number of esters is 1. The number of hydrogen-bond donors (Lipinski definition) is 0. The van der Waals surface area contributed by atoms with Gasteiger partial charge in [-0.1, -0.05) is 30.3 Å². The minimum Gasteiger partial charge on any atom is -0.468 e. The van der Waals surface area contributed by atoms with E-state index in [9.17, 15) is 9.59 Å². The summed E-state index contributed by atoms with van der Waals surface area (Å²) in [6, 6.07) is 11.4. The molecule has 1 saturated heterocycles. The van der Waals surface area contributed by atoms with E-state index in [0.717, 1.165) is 24.2 Å². The lowest BCUT2D eigenvalue weighted by Crippen LogP contribution is -2.46. The van der Waals surface area contributed by atoms with Crippen molar-refractivity contribution in [1.29, 1.82) is 0 Å². The Morgan fingerprint density at radius 3 is 2.73 bits per heavy atom. The standard InChI is InChI=1S/C22H25N5O3/c1-25-9-6-10-26(14-19(25)22(29)30-2)21(28)17-11-18-20(23-12-17)27(15-24-18)13-16-7-4-3-5-8-16/h3-5,7-8,11-12,15,19H,6,9-10,13-14H2,1-2H3. The summed E-state index contributed by atoms with van der Waals surface area (Å²) in [5.74, 6) is -0.475. The number of carbonyl (C=O) groups excluding carboxylic acids is 2. The summed E-state index contributed by atoms with van der Waals surface area (Å²) in [6.45, 7) is 2.27. The molecule has 0 saturated carbocycles. The molecule has 0 spiro atoms. The molecule has 8 nitrogen and oxygen atoms in total. The first kappa shape index (κ1) is 20.0. The Bertz CT molecular complexity index is 1050. The maximum absolute atomic E-state index is 13.1. The Kier molecular flexibility index (Phi) is 5.76. The van der Waals surface area contributed by atoms with Crippen molar-refractivity contribution in [3.8, 4) is 0 Å². The minimum atomic E-state index is -0.469. The van der Waals surface area contributed by atoms with E-state index >= 15 is 0 Å². The number of benzene rings is 1. The Hall–Kier alpha value is -3.26. The summed E-state index contributed by atoms with van der Waals surface area (Å²) in [6.07, 6.45) is 4.12. The molecule has 1 aliphatic heterocycles. The predicted molar refractivity (Wildman–Crippen MR) is 112 cm³/mol. The minimum absolute atomic E-state index is 0.147. The van der Waals surface area contributed by atoms with Crippen molar-refractivity contribution < 1.29 is 14.3 Å². The molecular formula is C22H25N5O3. The van der Waals surface area contributed by atoms with Crippen LogP contribution in [-0.4, -0.2) is 76.0 Å². The first-order valence-corrected chi connectivity index (χ1v) is 9.99. The first-order chi connectivity index (χ1) is 14.6. The topological polar surface area (TPSA) is 80.6 Å². The number of aromatic nitrogens is 3. The monoisotopic (exact) mass is 407 g/mol. The van der Waals surface area contributed by atoms with Crippen molar-refractivity contribution in [3.05, 3.63) is 60.0 Å². The van der Waals surface area contributed by atoms with E-state index in [1.165, 1.54) is 7.11 Å². The van der Waals surface area contributed by atoms with Gasteiger partial charge in [0.15, 0.2) is 5.65 Å². The Labute approximate surface area is 175 Å². The fourth-order valence-electron chi connectivity index (χ4n) is 3.83. The quantitative estimate of drug-likeness (QED) is 0.614. The fourth-order valence-corrected chi connectivity index (χ4v) is 3.83. The van der Waals surface area contributed by atoms with Gasteiger partial charge in [0.05, 0.1) is 25.5 Å². The third-order valence-corrected chi connectivity index (χ3v) is 5.52. The zero-order valence-corrected chi connectivity index (χ0v) is 17.2. The van der Waals surface area contributed by atoms with Gasteiger partial charge in [-0.05, 0) is 25.1 Å². The molecule has 1 aromatic carbocycles. The summed E-state index contributed by atoms with van der Waals surface area (Å²) in [4.78, 5) is 37.9. The van der Waals surface area contributed by atoms with E-state index in [-0.39, 0.29) is 11.9 Å². The van der Waals surface area contributed by atoms with E-state index < -0.39 is 6.04 Å². The highest BCUT2D eigenvalue weighted by atomic mass is 16.5. The number of hydrogen-bond acceptors (Lipinski definition) is 6. The molecule has 1 aliphatic rings. The number of imidazole rings is 1. The van der Waals surface area contributed by atoms with Crippen LogP contribution in [-0.2, 0) is 16.1 Å². The van der Waals surface area contributed by atoms with Gasteiger partial charge < -0.3 is 14.2 Å². The molecule has 3 heterocycles. The van der Waals surface area contributed by atoms with Crippen LogP contribution < -0.4 is 0 Å². The van der Waals surface area contributed by atoms with Gasteiger partial charge in [0.2, 0.25) is 0 Å². The maximum Gasteiger partial charge on any atom is 0.324 e. The number of rotatable bonds is 4. The zero-order valence-electron chi connectivity index (χ0n) is 17.2. The number of likely N-dealkylation sites (N-methyl/N-ethyl adjacent to an activating group) is 1. The van der Waals surface area contributed by atoms with E-state index in [1.807, 2.05) is 34.7 Å². The maximum atomic E-state index is 13.1. The van der Waals surface area contributed by atoms with Crippen molar-refractivity contribution >= 4 is 23.0 Å². The Morgan fingerprint density at radius 2 is 1.97 bits per heavy atom. The van der Waals surface area contributed by atoms with E-state index in [2.05, 4.69) is 22.1 Å². The van der Waals surface area contributed by atoms with Crippen molar-refractivity contribution in [3.63, 3.8) is 0 Å². The highest BCUT2D eigenvalue weighted by Crippen LogP contribution is 2.17. The summed E-state index contributed by atoms with van der Waals surface area (Å²) in [7, 11) is 3.25. The van der Waals surface area contributed by atoms with Crippen LogP contribution >= 0.6 is 0 Å². The van der Waals surface area contributed by atoms with Gasteiger partial charge in [0.25, 0.3) is 5.91 Å². The highest BCUT2D eigenvalue weighted by molar-refractivity contribution is 5.96. The van der Waals surface area contributed by atoms with Crippen molar-refractivity contribution in [2.75, 3.05) is 33.8 Å². The summed E-state index contributed by atoms with van der Waals surface area (Å²) in [5.41, 5.74) is 3.04. The molecule has 0 radical (unpaired) electrons. The van der Waals surface area contributed by atoms with Gasteiger partial charge in [-0.15, -0.1) is 0 Å². The molecule has 4 rings (SSSR count). The first-order valence-electron chi connectivity index (χ1n) is 9.99. The predicted octanol–water partition coefficient (Wildman–Crippen LogP) is 1.80. The molecular weight excluding hydrogens is 382 g/mol. The van der Waals surface area contributed by atoms with Crippen molar-refractivity contribution in [1.82, 2.24) is 24.3 Å². The van der Waals surface area contributed by atoms with E-state index in [1.54, 1.807) is 23.5 Å². The second-order valence-corrected chi connectivity index (χ2v) is 7.55. The second kappa shape index (κ2) is 8.62. The molecule has 2 aromatic heterocycles. The van der Waals surface area contributed by atoms with Crippen LogP contribution in [0.2, 0.25) is 0 Å².